The number of nitro benzene ring substituents is 1. The highest BCUT2D eigenvalue weighted by Crippen LogP contribution is 2.26. The van der Waals surface area contributed by atoms with Gasteiger partial charge in [-0.1, -0.05) is 23.2 Å². The van der Waals surface area contributed by atoms with Crippen molar-refractivity contribution in [3.63, 3.8) is 0 Å². The third kappa shape index (κ3) is 3.15. The molecule has 1 aromatic rings. The molecule has 0 fully saturated rings. The maximum absolute atomic E-state index is 10.5. The largest absolute Gasteiger partial charge is 0.477 e. The monoisotopic (exact) mass is 304 g/mol. The summed E-state index contributed by atoms with van der Waals surface area (Å²) in [6.07, 6.45) is -0.926. The van der Waals surface area contributed by atoms with Crippen LogP contribution in [0.1, 0.15) is 11.7 Å². The Labute approximate surface area is 118 Å². The van der Waals surface area contributed by atoms with E-state index in [0.717, 1.165) is 0 Å². The first-order valence-electron chi connectivity index (χ1n) is 5.40. The Hall–Kier alpha value is -1.37. The fourth-order valence-electron chi connectivity index (χ4n) is 1.71. The number of rotatable bonds is 4. The molecule has 19 heavy (non-hydrogen) atoms. The molecule has 0 radical (unpaired) electrons. The summed E-state index contributed by atoms with van der Waals surface area (Å²) in [5.74, 6) is 0.175. The van der Waals surface area contributed by atoms with Gasteiger partial charge in [0.1, 0.15) is 18.8 Å². The Balaban J connectivity index is 2.12. The molecule has 8 heteroatoms. The van der Waals surface area contributed by atoms with E-state index in [1.807, 2.05) is 0 Å². The van der Waals surface area contributed by atoms with E-state index >= 15 is 0 Å². The molecular weight excluding hydrogens is 295 g/mol. The van der Waals surface area contributed by atoms with E-state index in [-0.39, 0.29) is 18.2 Å². The van der Waals surface area contributed by atoms with E-state index in [9.17, 15) is 15.2 Å². The van der Waals surface area contributed by atoms with Gasteiger partial charge in [-0.05, 0) is 17.7 Å². The summed E-state index contributed by atoms with van der Waals surface area (Å²) in [5.41, 5.74) is 0.481. The van der Waals surface area contributed by atoms with Crippen LogP contribution in [-0.4, -0.2) is 33.4 Å². The minimum absolute atomic E-state index is 0.0376. The first-order valence-corrected chi connectivity index (χ1v) is 6.27. The van der Waals surface area contributed by atoms with E-state index < -0.39 is 21.9 Å². The summed E-state index contributed by atoms with van der Waals surface area (Å²) in [6.45, 7) is 0.170. The topological polar surface area (TPSA) is 85.0 Å². The van der Waals surface area contributed by atoms with Crippen molar-refractivity contribution in [2.24, 2.45) is 4.99 Å². The van der Waals surface area contributed by atoms with Crippen molar-refractivity contribution in [1.29, 1.82) is 0 Å². The van der Waals surface area contributed by atoms with E-state index in [1.54, 1.807) is 0 Å². The average molecular weight is 305 g/mol. The standard InChI is InChI=1S/C11H10Cl2N2O4/c12-10(13)11-14-8(5-19-11)9(16)6-1-3-7(4-2-6)15(17)18/h1-4,8-10,16H,5H2/t8-,9-/m0/s1. The lowest BCUT2D eigenvalue weighted by Crippen LogP contribution is -2.17. The second-order valence-corrected chi connectivity index (χ2v) is 5.04. The predicted molar refractivity (Wildman–Crippen MR) is 70.7 cm³/mol. The van der Waals surface area contributed by atoms with Crippen molar-refractivity contribution >= 4 is 34.8 Å². The second-order valence-electron chi connectivity index (χ2n) is 3.94. The average Bonchev–Trinajstić information content (AvgIpc) is 2.87. The molecule has 1 aliphatic rings. The quantitative estimate of drug-likeness (QED) is 0.525. The van der Waals surface area contributed by atoms with Crippen LogP contribution in [0.3, 0.4) is 0 Å². The number of aliphatic hydroxyl groups excluding tert-OH is 1. The van der Waals surface area contributed by atoms with Crippen molar-refractivity contribution in [1.82, 2.24) is 0 Å². The lowest BCUT2D eigenvalue weighted by Gasteiger charge is -2.14. The molecule has 0 aromatic heterocycles. The van der Waals surface area contributed by atoms with Gasteiger partial charge in [0.2, 0.25) is 5.90 Å². The Morgan fingerprint density at radius 2 is 2.05 bits per heavy atom. The molecule has 6 nitrogen and oxygen atoms in total. The van der Waals surface area contributed by atoms with Crippen LogP contribution < -0.4 is 0 Å². The van der Waals surface area contributed by atoms with Gasteiger partial charge in [-0.25, -0.2) is 4.99 Å². The van der Waals surface area contributed by atoms with Gasteiger partial charge in [-0.3, -0.25) is 10.1 Å². The number of alkyl halides is 2. The lowest BCUT2D eigenvalue weighted by molar-refractivity contribution is -0.384. The molecule has 0 aliphatic carbocycles. The summed E-state index contributed by atoms with van der Waals surface area (Å²) in [4.78, 5) is 13.2. The fourth-order valence-corrected chi connectivity index (χ4v) is 1.94. The minimum atomic E-state index is -0.926. The molecule has 2 rings (SSSR count). The molecule has 1 heterocycles. The normalized spacial score (nSPS) is 20.0. The molecule has 0 unspecified atom stereocenters. The SMILES string of the molecule is O=[N+]([O-])c1ccc([C@H](O)[C@@H]2COC(C(Cl)Cl)=N2)cc1. The molecule has 0 saturated heterocycles. The number of hydrogen-bond acceptors (Lipinski definition) is 5. The first-order chi connectivity index (χ1) is 8.99. The highest BCUT2D eigenvalue weighted by molar-refractivity contribution is 6.53. The Kier molecular flexibility index (Phi) is 4.24. The van der Waals surface area contributed by atoms with Gasteiger partial charge < -0.3 is 9.84 Å². The minimum Gasteiger partial charge on any atom is -0.477 e. The molecule has 0 bridgehead atoms. The van der Waals surface area contributed by atoms with Crippen LogP contribution >= 0.6 is 23.2 Å². The summed E-state index contributed by atoms with van der Waals surface area (Å²) in [6, 6.07) is 5.09. The summed E-state index contributed by atoms with van der Waals surface area (Å²) >= 11 is 11.2. The number of nitrogens with zero attached hydrogens (tertiary/aromatic N) is 2. The number of non-ortho nitro benzene ring substituents is 1. The van der Waals surface area contributed by atoms with Gasteiger partial charge in [-0.2, -0.15) is 0 Å². The van der Waals surface area contributed by atoms with Crippen molar-refractivity contribution < 1.29 is 14.8 Å². The zero-order valence-electron chi connectivity index (χ0n) is 9.57. The van der Waals surface area contributed by atoms with Gasteiger partial charge >= 0.3 is 0 Å². The Bertz CT molecular complexity index is 504. The third-order valence-corrected chi connectivity index (χ3v) is 3.06. The molecule has 1 aromatic carbocycles. The van der Waals surface area contributed by atoms with Crippen molar-refractivity contribution in [3.8, 4) is 0 Å². The van der Waals surface area contributed by atoms with Gasteiger partial charge in [0, 0.05) is 12.1 Å². The van der Waals surface area contributed by atoms with Crippen LogP contribution in [0, 0.1) is 10.1 Å². The lowest BCUT2D eigenvalue weighted by atomic mass is 10.0. The molecule has 2 atom stereocenters. The van der Waals surface area contributed by atoms with Crippen LogP contribution in [0.5, 0.6) is 0 Å². The van der Waals surface area contributed by atoms with E-state index in [4.69, 9.17) is 27.9 Å². The molecule has 0 amide bonds. The van der Waals surface area contributed by atoms with Crippen LogP contribution in [0.4, 0.5) is 5.69 Å². The predicted octanol–water partition coefficient (Wildman–Crippen LogP) is 2.23. The van der Waals surface area contributed by atoms with Crippen LogP contribution in [0.15, 0.2) is 29.3 Å². The first kappa shape index (κ1) is 14.0. The zero-order chi connectivity index (χ0) is 14.0. The maximum atomic E-state index is 10.5. The highest BCUT2D eigenvalue weighted by Gasteiger charge is 2.29. The van der Waals surface area contributed by atoms with Crippen molar-refractivity contribution in [3.05, 3.63) is 39.9 Å². The summed E-state index contributed by atoms with van der Waals surface area (Å²) in [5, 5.41) is 20.6. The molecular formula is C11H10Cl2N2O4. The molecule has 102 valence electrons. The highest BCUT2D eigenvalue weighted by atomic mass is 35.5. The maximum Gasteiger partial charge on any atom is 0.269 e. The molecule has 1 aliphatic heterocycles. The zero-order valence-corrected chi connectivity index (χ0v) is 11.1. The number of aliphatic hydroxyl groups is 1. The van der Waals surface area contributed by atoms with Gasteiger partial charge in [0.05, 0.1) is 4.92 Å². The number of aliphatic imine (C=N–C) groups is 1. The van der Waals surface area contributed by atoms with E-state index in [1.165, 1.54) is 24.3 Å². The summed E-state index contributed by atoms with van der Waals surface area (Å²) < 4.78 is 5.15. The summed E-state index contributed by atoms with van der Waals surface area (Å²) in [7, 11) is 0. The smallest absolute Gasteiger partial charge is 0.269 e. The number of halogens is 2. The van der Waals surface area contributed by atoms with Crippen molar-refractivity contribution in [2.45, 2.75) is 17.0 Å². The van der Waals surface area contributed by atoms with Crippen LogP contribution in [0.25, 0.3) is 0 Å². The second kappa shape index (κ2) is 5.73. The number of benzene rings is 1. The number of nitro groups is 1. The van der Waals surface area contributed by atoms with Crippen molar-refractivity contribution in [2.75, 3.05) is 6.61 Å². The molecule has 1 N–H and O–H groups in total. The molecule has 0 spiro atoms. The Morgan fingerprint density at radius 3 is 2.53 bits per heavy atom. The Morgan fingerprint density at radius 1 is 1.42 bits per heavy atom. The number of hydrogen-bond donors (Lipinski definition) is 1. The third-order valence-electron chi connectivity index (χ3n) is 2.69. The van der Waals surface area contributed by atoms with Crippen LogP contribution in [-0.2, 0) is 4.74 Å². The van der Waals surface area contributed by atoms with Gasteiger partial charge in [0.15, 0.2) is 4.84 Å². The van der Waals surface area contributed by atoms with Crippen LogP contribution in [0.2, 0.25) is 0 Å². The van der Waals surface area contributed by atoms with E-state index in [0.29, 0.717) is 5.56 Å². The number of ether oxygens (including phenoxy) is 1. The van der Waals surface area contributed by atoms with Gasteiger partial charge in [-0.15, -0.1) is 0 Å². The van der Waals surface area contributed by atoms with E-state index in [2.05, 4.69) is 4.99 Å². The fraction of sp³-hybridized carbons (Fsp3) is 0.364. The van der Waals surface area contributed by atoms with Gasteiger partial charge in [0.25, 0.3) is 5.69 Å². The molecule has 0 saturated carbocycles.